The van der Waals surface area contributed by atoms with Gasteiger partial charge in [-0.3, -0.25) is 9.59 Å². The topological polar surface area (TPSA) is 126 Å². The number of benzene rings is 1. The van der Waals surface area contributed by atoms with Crippen molar-refractivity contribution in [3.63, 3.8) is 0 Å². The van der Waals surface area contributed by atoms with E-state index >= 15 is 0 Å². The predicted molar refractivity (Wildman–Crippen MR) is 128 cm³/mol. The van der Waals surface area contributed by atoms with Crippen molar-refractivity contribution >= 4 is 35.5 Å². The number of likely N-dealkylation sites (tertiary alicyclic amines) is 1. The van der Waals surface area contributed by atoms with Crippen LogP contribution in [0.3, 0.4) is 0 Å². The highest BCUT2D eigenvalue weighted by atomic mass is 35.5. The number of esters is 1. The van der Waals surface area contributed by atoms with Crippen LogP contribution in [0.25, 0.3) is 0 Å². The van der Waals surface area contributed by atoms with Gasteiger partial charge in [0.2, 0.25) is 0 Å². The molecule has 0 bridgehead atoms. The van der Waals surface area contributed by atoms with Gasteiger partial charge in [-0.15, -0.1) is 11.6 Å². The fourth-order valence-corrected chi connectivity index (χ4v) is 4.40. The van der Waals surface area contributed by atoms with Gasteiger partial charge < -0.3 is 24.8 Å². The number of methoxy groups -OCH3 is 1. The van der Waals surface area contributed by atoms with Gasteiger partial charge >= 0.3 is 18.0 Å². The lowest BCUT2D eigenvalue weighted by Crippen LogP contribution is -2.50. The van der Waals surface area contributed by atoms with Crippen molar-refractivity contribution in [2.24, 2.45) is 0 Å². The number of ether oxygens (including phenoxy) is 2. The zero-order valence-corrected chi connectivity index (χ0v) is 20.6. The molecule has 1 aliphatic rings. The number of aromatic nitrogens is 1. The second kappa shape index (κ2) is 12.9. The first-order valence-corrected chi connectivity index (χ1v) is 12.0. The van der Waals surface area contributed by atoms with Crippen molar-refractivity contribution in [3.05, 3.63) is 66.0 Å². The smallest absolute Gasteiger partial charge is 0.414 e. The van der Waals surface area contributed by atoms with Crippen LogP contribution in [0.15, 0.2) is 54.9 Å². The third-order valence-electron chi connectivity index (χ3n) is 6.00. The number of carboxylic acids is 1. The van der Waals surface area contributed by atoms with E-state index in [9.17, 15) is 19.2 Å². The molecule has 1 saturated heterocycles. The first-order chi connectivity index (χ1) is 17.3. The summed E-state index contributed by atoms with van der Waals surface area (Å²) in [6.45, 7) is 0.251. The van der Waals surface area contributed by atoms with Gasteiger partial charge in [0, 0.05) is 12.6 Å². The maximum Gasteiger partial charge on any atom is 0.414 e. The molecule has 0 radical (unpaired) electrons. The third kappa shape index (κ3) is 6.72. The molecular formula is C25H29ClN3O7+. The Balaban J connectivity index is 1.71. The predicted octanol–water partition coefficient (Wildman–Crippen LogP) is 2.30. The maximum atomic E-state index is 13.1. The summed E-state index contributed by atoms with van der Waals surface area (Å²) in [5.74, 6) is -3.21. The van der Waals surface area contributed by atoms with Crippen molar-refractivity contribution in [2.45, 2.75) is 44.0 Å². The number of hydrogen-bond acceptors (Lipinski definition) is 6. The molecule has 1 aromatic carbocycles. The zero-order valence-electron chi connectivity index (χ0n) is 19.8. The van der Waals surface area contributed by atoms with E-state index in [2.05, 4.69) is 5.32 Å². The van der Waals surface area contributed by atoms with Crippen molar-refractivity contribution < 1.29 is 38.3 Å². The monoisotopic (exact) mass is 518 g/mol. The maximum absolute atomic E-state index is 13.1. The number of nitrogens with zero attached hydrogens (tertiary/aromatic N) is 2. The molecule has 0 spiro atoms. The fraction of sp³-hybridized carbons (Fsp3) is 0.400. The second-order valence-electron chi connectivity index (χ2n) is 8.33. The van der Waals surface area contributed by atoms with Crippen LogP contribution < -0.4 is 9.88 Å². The van der Waals surface area contributed by atoms with Gasteiger partial charge in [-0.2, -0.15) is 4.57 Å². The molecular weight excluding hydrogens is 490 g/mol. The van der Waals surface area contributed by atoms with Crippen molar-refractivity contribution in [1.29, 1.82) is 0 Å². The average Bonchev–Trinajstić information content (AvgIpc) is 2.91. The third-order valence-corrected chi connectivity index (χ3v) is 6.31. The van der Waals surface area contributed by atoms with Crippen LogP contribution in [-0.4, -0.2) is 65.6 Å². The molecule has 1 aliphatic heterocycles. The lowest BCUT2D eigenvalue weighted by molar-refractivity contribution is -0.727. The van der Waals surface area contributed by atoms with E-state index in [0.29, 0.717) is 13.0 Å². The summed E-state index contributed by atoms with van der Waals surface area (Å²) in [6.07, 6.45) is 4.72. The Morgan fingerprint density at radius 2 is 1.92 bits per heavy atom. The summed E-state index contributed by atoms with van der Waals surface area (Å²) in [7, 11) is 1.33. The van der Waals surface area contributed by atoms with E-state index in [4.69, 9.17) is 26.2 Å². The number of rotatable bonds is 9. The SMILES string of the molecule is COC(=O)[C@H](c1ccccc1)[C@H]1CCCCN1C(=O)OC[n+]1cccc(C(=O)N[C@@H](CCl)C(=O)O)c1. The minimum Gasteiger partial charge on any atom is -0.480 e. The number of alkyl halides is 1. The molecule has 2 aromatic rings. The zero-order chi connectivity index (χ0) is 26.1. The Kier molecular flexibility index (Phi) is 9.63. The Bertz CT molecular complexity index is 1080. The van der Waals surface area contributed by atoms with E-state index in [1.54, 1.807) is 17.2 Å². The van der Waals surface area contributed by atoms with Gasteiger partial charge in [-0.25, -0.2) is 9.59 Å². The second-order valence-corrected chi connectivity index (χ2v) is 8.64. The Hall–Kier alpha value is -3.66. The van der Waals surface area contributed by atoms with Crippen LogP contribution in [0.5, 0.6) is 0 Å². The average molecular weight is 519 g/mol. The minimum absolute atomic E-state index is 0.176. The summed E-state index contributed by atoms with van der Waals surface area (Å²) < 4.78 is 12.1. The summed E-state index contributed by atoms with van der Waals surface area (Å²) in [6, 6.07) is 10.6. The number of halogens is 1. The van der Waals surface area contributed by atoms with Gasteiger partial charge in [-0.05, 0) is 30.9 Å². The van der Waals surface area contributed by atoms with Gasteiger partial charge in [0.05, 0.1) is 19.0 Å². The number of nitrogens with one attached hydrogen (secondary N) is 1. The molecule has 0 unspecified atom stereocenters. The highest BCUT2D eigenvalue weighted by Crippen LogP contribution is 2.32. The molecule has 2 amide bonds. The van der Waals surface area contributed by atoms with E-state index in [-0.39, 0.29) is 18.2 Å². The van der Waals surface area contributed by atoms with Gasteiger partial charge in [0.1, 0.15) is 17.5 Å². The number of carbonyl (C=O) groups is 4. The van der Waals surface area contributed by atoms with Crippen LogP contribution in [0.2, 0.25) is 0 Å². The van der Waals surface area contributed by atoms with Crippen LogP contribution in [0, 0.1) is 0 Å². The first-order valence-electron chi connectivity index (χ1n) is 11.5. The number of aliphatic carboxylic acids is 1. The standard InChI is InChI=1S/C25H28ClN3O7/c1-35-24(33)21(17-8-3-2-4-9-17)20-11-5-6-13-29(20)25(34)36-16-28-12-7-10-18(15-28)22(30)27-19(14-26)23(31)32/h2-4,7-10,12,15,19-21H,5-6,11,13-14,16H2,1H3,(H-,27,30,31,32)/p+1/t19-,20+,21+/m0/s1. The quantitative estimate of drug-likeness (QED) is 0.296. The number of pyridine rings is 1. The highest BCUT2D eigenvalue weighted by Gasteiger charge is 2.39. The lowest BCUT2D eigenvalue weighted by atomic mass is 9.85. The van der Waals surface area contributed by atoms with Gasteiger partial charge in [-0.1, -0.05) is 30.3 Å². The normalized spacial score (nSPS) is 16.9. The van der Waals surface area contributed by atoms with E-state index in [0.717, 1.165) is 18.4 Å². The number of carbonyl (C=O) groups excluding carboxylic acids is 3. The summed E-state index contributed by atoms with van der Waals surface area (Å²) in [5, 5.41) is 11.4. The summed E-state index contributed by atoms with van der Waals surface area (Å²) in [4.78, 5) is 50.9. The first kappa shape index (κ1) is 26.9. The van der Waals surface area contributed by atoms with Crippen molar-refractivity contribution in [3.8, 4) is 0 Å². The highest BCUT2D eigenvalue weighted by molar-refractivity contribution is 6.20. The number of amides is 2. The minimum atomic E-state index is -1.24. The van der Waals surface area contributed by atoms with E-state index in [1.807, 2.05) is 30.3 Å². The Labute approximate surface area is 213 Å². The molecule has 1 fully saturated rings. The van der Waals surface area contributed by atoms with Crippen LogP contribution in [0.4, 0.5) is 4.79 Å². The van der Waals surface area contributed by atoms with Crippen molar-refractivity contribution in [2.75, 3.05) is 19.5 Å². The van der Waals surface area contributed by atoms with Crippen molar-refractivity contribution in [1.82, 2.24) is 10.2 Å². The van der Waals surface area contributed by atoms with Crippen LogP contribution in [0.1, 0.15) is 41.1 Å². The molecule has 192 valence electrons. The fourth-order valence-electron chi connectivity index (χ4n) is 4.19. The molecule has 3 rings (SSSR count). The van der Waals surface area contributed by atoms with Crippen LogP contribution >= 0.6 is 11.6 Å². The summed E-state index contributed by atoms with van der Waals surface area (Å²) >= 11 is 5.59. The molecule has 1 aromatic heterocycles. The van der Waals surface area contributed by atoms with E-state index in [1.165, 1.54) is 23.9 Å². The number of carboxylic acid groups (broad SMARTS) is 1. The number of piperidine rings is 1. The molecule has 2 N–H and O–H groups in total. The molecule has 2 heterocycles. The molecule has 10 nitrogen and oxygen atoms in total. The molecule has 3 atom stereocenters. The molecule has 0 aliphatic carbocycles. The number of hydrogen-bond donors (Lipinski definition) is 2. The van der Waals surface area contributed by atoms with Gasteiger partial charge in [0.15, 0.2) is 12.4 Å². The van der Waals surface area contributed by atoms with Gasteiger partial charge in [0.25, 0.3) is 12.6 Å². The van der Waals surface area contributed by atoms with Crippen LogP contribution in [-0.2, 0) is 25.8 Å². The Morgan fingerprint density at radius 3 is 2.58 bits per heavy atom. The molecule has 0 saturated carbocycles. The molecule has 36 heavy (non-hydrogen) atoms. The van der Waals surface area contributed by atoms with E-state index < -0.39 is 41.9 Å². The summed E-state index contributed by atoms with van der Waals surface area (Å²) in [5.41, 5.74) is 0.939. The Morgan fingerprint density at radius 1 is 1.17 bits per heavy atom. The lowest BCUT2D eigenvalue weighted by Gasteiger charge is -2.38. The molecule has 11 heteroatoms. The largest absolute Gasteiger partial charge is 0.480 e.